The average Bonchev–Trinajstić information content (AvgIpc) is 3.10. The first-order chi connectivity index (χ1) is 11.6. The minimum absolute atomic E-state index is 0.148. The third kappa shape index (κ3) is 4.50. The number of rotatable bonds is 6. The monoisotopic (exact) mass is 350 g/mol. The summed E-state index contributed by atoms with van der Waals surface area (Å²) in [4.78, 5) is 13.6. The Kier molecular flexibility index (Phi) is 6.14. The highest BCUT2D eigenvalue weighted by Gasteiger charge is 2.28. The maximum atomic E-state index is 11.1. The maximum Gasteiger partial charge on any atom is 0.306 e. The van der Waals surface area contributed by atoms with Gasteiger partial charge in [-0.1, -0.05) is 23.7 Å². The zero-order valence-corrected chi connectivity index (χ0v) is 14.8. The first-order valence-electron chi connectivity index (χ1n) is 9.09. The molecule has 2 fully saturated rings. The number of nitrogens with zero attached hydrogens (tertiary/aromatic N) is 1. The van der Waals surface area contributed by atoms with Crippen LogP contribution in [0.4, 0.5) is 0 Å². The summed E-state index contributed by atoms with van der Waals surface area (Å²) >= 11 is 6.20. The first kappa shape index (κ1) is 17.7. The van der Waals surface area contributed by atoms with Crippen LogP contribution in [0.25, 0.3) is 0 Å². The van der Waals surface area contributed by atoms with Crippen molar-refractivity contribution in [3.05, 3.63) is 34.9 Å². The van der Waals surface area contributed by atoms with Crippen molar-refractivity contribution in [3.63, 3.8) is 0 Å². The van der Waals surface area contributed by atoms with Crippen molar-refractivity contribution in [1.82, 2.24) is 10.2 Å². The molecule has 24 heavy (non-hydrogen) atoms. The van der Waals surface area contributed by atoms with E-state index < -0.39 is 5.97 Å². The second-order valence-electron chi connectivity index (χ2n) is 7.11. The number of nitrogens with one attached hydrogen (secondary N) is 1. The van der Waals surface area contributed by atoms with E-state index in [0.717, 1.165) is 50.3 Å². The van der Waals surface area contributed by atoms with E-state index in [1.54, 1.807) is 0 Å². The average molecular weight is 351 g/mol. The number of benzene rings is 1. The van der Waals surface area contributed by atoms with Gasteiger partial charge in [-0.15, -0.1) is 0 Å². The highest BCUT2D eigenvalue weighted by molar-refractivity contribution is 6.30. The summed E-state index contributed by atoms with van der Waals surface area (Å²) < 4.78 is 0. The Labute approximate surface area is 149 Å². The molecule has 0 aromatic heterocycles. The van der Waals surface area contributed by atoms with Gasteiger partial charge in [-0.25, -0.2) is 0 Å². The van der Waals surface area contributed by atoms with E-state index in [9.17, 15) is 4.79 Å². The van der Waals surface area contributed by atoms with Gasteiger partial charge in [0.05, 0.1) is 5.92 Å². The van der Waals surface area contributed by atoms with Crippen molar-refractivity contribution in [2.45, 2.75) is 50.6 Å². The number of carboxylic acids is 1. The van der Waals surface area contributed by atoms with Crippen molar-refractivity contribution in [2.75, 3.05) is 19.6 Å². The van der Waals surface area contributed by atoms with Gasteiger partial charge in [-0.05, 0) is 69.3 Å². The lowest BCUT2D eigenvalue weighted by atomic mass is 9.86. The largest absolute Gasteiger partial charge is 0.481 e. The number of halogens is 1. The predicted molar refractivity (Wildman–Crippen MR) is 96.4 cm³/mol. The summed E-state index contributed by atoms with van der Waals surface area (Å²) in [5.74, 6) is -0.785. The fraction of sp³-hybridized carbons (Fsp3) is 0.632. The van der Waals surface area contributed by atoms with Crippen LogP contribution in [-0.2, 0) is 4.79 Å². The molecule has 1 aromatic carbocycles. The Morgan fingerprint density at radius 3 is 2.58 bits per heavy atom. The Morgan fingerprint density at radius 1 is 1.25 bits per heavy atom. The predicted octanol–water partition coefficient (Wildman–Crippen LogP) is 3.71. The van der Waals surface area contributed by atoms with E-state index >= 15 is 0 Å². The molecule has 0 amide bonds. The smallest absolute Gasteiger partial charge is 0.306 e. The van der Waals surface area contributed by atoms with Gasteiger partial charge in [0, 0.05) is 23.7 Å². The van der Waals surface area contributed by atoms with Crippen LogP contribution < -0.4 is 5.32 Å². The van der Waals surface area contributed by atoms with Crippen LogP contribution >= 0.6 is 11.6 Å². The molecular formula is C19H27ClN2O2. The standard InChI is InChI=1S/C19H27ClN2O2/c20-16-5-3-4-15(12-16)18(22-10-1-2-11-22)13-21-17-8-6-14(7-9-17)19(23)24/h3-5,12,14,17-18,21H,1-2,6-11,13H2,(H,23,24). The molecule has 0 spiro atoms. The lowest BCUT2D eigenvalue weighted by molar-refractivity contribution is -0.142. The van der Waals surface area contributed by atoms with E-state index in [1.165, 1.54) is 18.4 Å². The molecule has 0 radical (unpaired) electrons. The minimum atomic E-state index is -0.637. The topological polar surface area (TPSA) is 52.6 Å². The van der Waals surface area contributed by atoms with Crippen LogP contribution in [0.2, 0.25) is 5.02 Å². The molecule has 1 aliphatic heterocycles. The van der Waals surface area contributed by atoms with Crippen molar-refractivity contribution in [3.8, 4) is 0 Å². The third-order valence-electron chi connectivity index (χ3n) is 5.49. The summed E-state index contributed by atoms with van der Waals surface area (Å²) in [6.45, 7) is 3.19. The molecule has 3 rings (SSSR count). The van der Waals surface area contributed by atoms with Crippen molar-refractivity contribution in [1.29, 1.82) is 0 Å². The summed E-state index contributed by atoms with van der Waals surface area (Å²) in [5.41, 5.74) is 1.27. The molecule has 1 saturated heterocycles. The van der Waals surface area contributed by atoms with E-state index in [4.69, 9.17) is 16.7 Å². The SMILES string of the molecule is O=C(O)C1CCC(NCC(c2cccc(Cl)c2)N2CCCC2)CC1. The van der Waals surface area contributed by atoms with Gasteiger partial charge >= 0.3 is 5.97 Å². The lowest BCUT2D eigenvalue weighted by Crippen LogP contribution is -2.41. The third-order valence-corrected chi connectivity index (χ3v) is 5.73. The van der Waals surface area contributed by atoms with E-state index in [0.29, 0.717) is 12.1 Å². The Hall–Kier alpha value is -1.10. The highest BCUT2D eigenvalue weighted by Crippen LogP contribution is 2.28. The minimum Gasteiger partial charge on any atom is -0.481 e. The van der Waals surface area contributed by atoms with Gasteiger partial charge in [-0.3, -0.25) is 9.69 Å². The maximum absolute atomic E-state index is 11.1. The molecule has 2 aliphatic rings. The van der Waals surface area contributed by atoms with Gasteiger partial charge in [0.15, 0.2) is 0 Å². The second kappa shape index (κ2) is 8.32. The van der Waals surface area contributed by atoms with Crippen LogP contribution in [0, 0.1) is 5.92 Å². The van der Waals surface area contributed by atoms with Gasteiger partial charge in [-0.2, -0.15) is 0 Å². The number of hydrogen-bond donors (Lipinski definition) is 2. The summed E-state index contributed by atoms with van der Waals surface area (Å²) in [6.07, 6.45) is 6.02. The highest BCUT2D eigenvalue weighted by atomic mass is 35.5. The second-order valence-corrected chi connectivity index (χ2v) is 7.55. The zero-order chi connectivity index (χ0) is 16.9. The molecule has 1 aliphatic carbocycles. The number of carbonyl (C=O) groups is 1. The van der Waals surface area contributed by atoms with Crippen molar-refractivity contribution in [2.24, 2.45) is 5.92 Å². The van der Waals surface area contributed by atoms with E-state index in [-0.39, 0.29) is 5.92 Å². The van der Waals surface area contributed by atoms with Gasteiger partial charge in [0.25, 0.3) is 0 Å². The van der Waals surface area contributed by atoms with E-state index in [1.807, 2.05) is 12.1 Å². The molecule has 1 heterocycles. The first-order valence-corrected chi connectivity index (χ1v) is 9.47. The molecule has 0 bridgehead atoms. The van der Waals surface area contributed by atoms with Crippen molar-refractivity contribution < 1.29 is 9.90 Å². The molecule has 1 aromatic rings. The Balaban J connectivity index is 1.59. The van der Waals surface area contributed by atoms with Crippen LogP contribution in [-0.4, -0.2) is 41.7 Å². The van der Waals surface area contributed by atoms with Crippen LogP contribution in [0.5, 0.6) is 0 Å². The quantitative estimate of drug-likeness (QED) is 0.821. The molecule has 1 saturated carbocycles. The van der Waals surface area contributed by atoms with Crippen LogP contribution in [0.1, 0.15) is 50.1 Å². The molecule has 2 N–H and O–H groups in total. The number of likely N-dealkylation sites (tertiary alicyclic amines) is 1. The van der Waals surface area contributed by atoms with Crippen LogP contribution in [0.15, 0.2) is 24.3 Å². The molecular weight excluding hydrogens is 324 g/mol. The fourth-order valence-electron chi connectivity index (χ4n) is 4.05. The van der Waals surface area contributed by atoms with E-state index in [2.05, 4.69) is 22.3 Å². The molecule has 4 nitrogen and oxygen atoms in total. The molecule has 1 unspecified atom stereocenters. The normalized spacial score (nSPS) is 26.4. The number of carboxylic acid groups (broad SMARTS) is 1. The summed E-state index contributed by atoms with van der Waals surface area (Å²) in [5, 5.41) is 13.6. The molecule has 5 heteroatoms. The molecule has 132 valence electrons. The lowest BCUT2D eigenvalue weighted by Gasteiger charge is -2.32. The summed E-state index contributed by atoms with van der Waals surface area (Å²) in [7, 11) is 0. The van der Waals surface area contributed by atoms with Gasteiger partial charge in [0.1, 0.15) is 0 Å². The molecule has 1 atom stereocenters. The number of hydrogen-bond acceptors (Lipinski definition) is 3. The fourth-order valence-corrected chi connectivity index (χ4v) is 4.25. The van der Waals surface area contributed by atoms with Crippen LogP contribution in [0.3, 0.4) is 0 Å². The van der Waals surface area contributed by atoms with Gasteiger partial charge < -0.3 is 10.4 Å². The number of aliphatic carboxylic acids is 1. The Morgan fingerprint density at radius 2 is 1.96 bits per heavy atom. The summed E-state index contributed by atoms with van der Waals surface area (Å²) in [6, 6.07) is 8.98. The zero-order valence-electron chi connectivity index (χ0n) is 14.1. The van der Waals surface area contributed by atoms with Crippen molar-refractivity contribution >= 4 is 17.6 Å². The van der Waals surface area contributed by atoms with Gasteiger partial charge in [0.2, 0.25) is 0 Å². The Bertz CT molecular complexity index is 552.